The predicted molar refractivity (Wildman–Crippen MR) is 92.4 cm³/mol. The summed E-state index contributed by atoms with van der Waals surface area (Å²) in [6, 6.07) is 9.65. The van der Waals surface area contributed by atoms with Gasteiger partial charge >= 0.3 is 0 Å². The van der Waals surface area contributed by atoms with E-state index in [4.69, 9.17) is 0 Å². The molecule has 1 aliphatic rings. The Kier molecular flexibility index (Phi) is 5.25. The van der Waals surface area contributed by atoms with Crippen LogP contribution < -0.4 is 5.32 Å². The molecule has 4 nitrogen and oxygen atoms in total. The van der Waals surface area contributed by atoms with Crippen LogP contribution in [-0.4, -0.2) is 29.8 Å². The summed E-state index contributed by atoms with van der Waals surface area (Å²) in [5, 5.41) is 4.78. The van der Waals surface area contributed by atoms with Crippen LogP contribution in [0.5, 0.6) is 0 Å². The van der Waals surface area contributed by atoms with E-state index in [2.05, 4.69) is 5.32 Å². The molecule has 126 valence electrons. The van der Waals surface area contributed by atoms with Crippen LogP contribution in [0.1, 0.15) is 17.7 Å². The molecule has 1 N–H and O–H groups in total. The summed E-state index contributed by atoms with van der Waals surface area (Å²) in [5.74, 6) is -0.381. The van der Waals surface area contributed by atoms with Crippen molar-refractivity contribution in [3.05, 3.63) is 52.5 Å². The van der Waals surface area contributed by atoms with E-state index < -0.39 is 0 Å². The molecule has 2 amide bonds. The second-order valence-electron chi connectivity index (χ2n) is 5.91. The van der Waals surface area contributed by atoms with Crippen LogP contribution in [-0.2, 0) is 16.0 Å². The van der Waals surface area contributed by atoms with Gasteiger partial charge in [-0.15, -0.1) is 11.3 Å². The third kappa shape index (κ3) is 4.20. The smallest absolute Gasteiger partial charge is 0.227 e. The number of piperidine rings is 1. The van der Waals surface area contributed by atoms with Crippen molar-refractivity contribution in [2.24, 2.45) is 5.92 Å². The van der Waals surface area contributed by atoms with E-state index in [0.29, 0.717) is 38.0 Å². The molecular formula is C18H19FN2O2S. The molecule has 1 fully saturated rings. The largest absolute Gasteiger partial charge is 0.342 e. The first-order valence-corrected chi connectivity index (χ1v) is 8.86. The average Bonchev–Trinajstić information content (AvgIpc) is 3.10. The average molecular weight is 346 g/mol. The first-order valence-electron chi connectivity index (χ1n) is 7.98. The Hall–Kier alpha value is -2.21. The second-order valence-corrected chi connectivity index (χ2v) is 6.94. The number of halogens is 1. The van der Waals surface area contributed by atoms with Crippen LogP contribution in [0.4, 0.5) is 10.1 Å². The number of carbonyl (C=O) groups excluding carboxylic acids is 2. The van der Waals surface area contributed by atoms with Crippen molar-refractivity contribution >= 4 is 28.8 Å². The van der Waals surface area contributed by atoms with E-state index >= 15 is 0 Å². The number of nitrogens with zero attached hydrogens (tertiary/aromatic N) is 1. The number of likely N-dealkylation sites (tertiary alicyclic amines) is 1. The van der Waals surface area contributed by atoms with Crippen molar-refractivity contribution < 1.29 is 14.0 Å². The Bertz CT molecular complexity index is 692. The Morgan fingerprint density at radius 1 is 1.17 bits per heavy atom. The fourth-order valence-corrected chi connectivity index (χ4v) is 3.54. The SMILES string of the molecule is O=C(Nc1ccc(F)cc1)C1CCN(C(=O)Cc2cccs2)CC1. The van der Waals surface area contributed by atoms with E-state index in [1.165, 1.54) is 12.1 Å². The molecule has 0 bridgehead atoms. The van der Waals surface area contributed by atoms with E-state index in [-0.39, 0.29) is 23.5 Å². The van der Waals surface area contributed by atoms with Gasteiger partial charge in [-0.3, -0.25) is 9.59 Å². The highest BCUT2D eigenvalue weighted by atomic mass is 32.1. The third-order valence-electron chi connectivity index (χ3n) is 4.24. The molecule has 1 aromatic carbocycles. The van der Waals surface area contributed by atoms with Gasteiger partial charge in [0.05, 0.1) is 6.42 Å². The Morgan fingerprint density at radius 2 is 1.88 bits per heavy atom. The maximum Gasteiger partial charge on any atom is 0.227 e. The van der Waals surface area contributed by atoms with Gasteiger partial charge in [-0.25, -0.2) is 4.39 Å². The summed E-state index contributed by atoms with van der Waals surface area (Å²) in [6.07, 6.45) is 1.75. The van der Waals surface area contributed by atoms with Gasteiger partial charge in [0.15, 0.2) is 0 Å². The van der Waals surface area contributed by atoms with E-state index in [1.807, 2.05) is 22.4 Å². The summed E-state index contributed by atoms with van der Waals surface area (Å²) < 4.78 is 12.9. The summed E-state index contributed by atoms with van der Waals surface area (Å²) in [4.78, 5) is 27.4. The van der Waals surface area contributed by atoms with Gasteiger partial charge in [-0.2, -0.15) is 0 Å². The zero-order valence-corrected chi connectivity index (χ0v) is 14.0. The highest BCUT2D eigenvalue weighted by molar-refractivity contribution is 7.10. The number of hydrogen-bond acceptors (Lipinski definition) is 3. The third-order valence-corrected chi connectivity index (χ3v) is 5.11. The quantitative estimate of drug-likeness (QED) is 0.923. The molecule has 0 aliphatic carbocycles. The van der Waals surface area contributed by atoms with E-state index in [9.17, 15) is 14.0 Å². The topological polar surface area (TPSA) is 49.4 Å². The van der Waals surface area contributed by atoms with Crippen molar-refractivity contribution in [3.63, 3.8) is 0 Å². The highest BCUT2D eigenvalue weighted by Gasteiger charge is 2.27. The molecule has 1 saturated heterocycles. The molecule has 24 heavy (non-hydrogen) atoms. The molecule has 1 aliphatic heterocycles. The standard InChI is InChI=1S/C18H19FN2O2S/c19-14-3-5-15(6-4-14)20-18(23)13-7-9-21(10-8-13)17(22)12-16-2-1-11-24-16/h1-6,11,13H,7-10,12H2,(H,20,23). The number of anilines is 1. The van der Waals surface area contributed by atoms with Crippen molar-refractivity contribution in [2.75, 3.05) is 18.4 Å². The first kappa shape index (κ1) is 16.6. The van der Waals surface area contributed by atoms with Gasteiger partial charge in [0, 0.05) is 29.6 Å². The van der Waals surface area contributed by atoms with Gasteiger partial charge in [0.25, 0.3) is 0 Å². The molecule has 1 aromatic heterocycles. The first-order chi connectivity index (χ1) is 11.6. The maximum atomic E-state index is 12.9. The summed E-state index contributed by atoms with van der Waals surface area (Å²) in [6.45, 7) is 1.21. The Morgan fingerprint density at radius 3 is 2.50 bits per heavy atom. The lowest BCUT2D eigenvalue weighted by Crippen LogP contribution is -2.42. The van der Waals surface area contributed by atoms with Crippen molar-refractivity contribution in [3.8, 4) is 0 Å². The van der Waals surface area contributed by atoms with Gasteiger partial charge in [-0.05, 0) is 48.6 Å². The van der Waals surface area contributed by atoms with Gasteiger partial charge in [0.1, 0.15) is 5.82 Å². The van der Waals surface area contributed by atoms with Crippen molar-refractivity contribution in [2.45, 2.75) is 19.3 Å². The lowest BCUT2D eigenvalue weighted by Gasteiger charge is -2.31. The van der Waals surface area contributed by atoms with Crippen LogP contribution in [0.3, 0.4) is 0 Å². The lowest BCUT2D eigenvalue weighted by atomic mass is 9.95. The molecule has 0 saturated carbocycles. The Balaban J connectivity index is 1.48. The zero-order chi connectivity index (χ0) is 16.9. The summed E-state index contributed by atoms with van der Waals surface area (Å²) >= 11 is 1.58. The zero-order valence-electron chi connectivity index (χ0n) is 13.2. The van der Waals surface area contributed by atoms with Crippen molar-refractivity contribution in [1.82, 2.24) is 4.90 Å². The molecule has 0 unspecified atom stereocenters. The second kappa shape index (κ2) is 7.57. The Labute approximate surface area is 144 Å². The molecule has 2 heterocycles. The van der Waals surface area contributed by atoms with Crippen LogP contribution in [0.25, 0.3) is 0 Å². The molecular weight excluding hydrogens is 327 g/mol. The lowest BCUT2D eigenvalue weighted by molar-refractivity contribution is -0.133. The number of benzene rings is 1. The summed E-state index contributed by atoms with van der Waals surface area (Å²) in [5.41, 5.74) is 0.595. The monoisotopic (exact) mass is 346 g/mol. The minimum atomic E-state index is -0.328. The fraction of sp³-hybridized carbons (Fsp3) is 0.333. The molecule has 2 aromatic rings. The molecule has 6 heteroatoms. The van der Waals surface area contributed by atoms with Gasteiger partial charge in [-0.1, -0.05) is 6.07 Å². The number of hydrogen-bond donors (Lipinski definition) is 1. The van der Waals surface area contributed by atoms with Gasteiger partial charge < -0.3 is 10.2 Å². The van der Waals surface area contributed by atoms with Crippen LogP contribution in [0, 0.1) is 11.7 Å². The normalized spacial score (nSPS) is 15.3. The number of amides is 2. The molecule has 0 atom stereocenters. The summed E-state index contributed by atoms with van der Waals surface area (Å²) in [7, 11) is 0. The minimum Gasteiger partial charge on any atom is -0.342 e. The number of carbonyl (C=O) groups is 2. The molecule has 3 rings (SSSR count). The predicted octanol–water partition coefficient (Wildman–Crippen LogP) is 3.31. The number of nitrogens with one attached hydrogen (secondary N) is 1. The fourth-order valence-electron chi connectivity index (χ4n) is 2.84. The van der Waals surface area contributed by atoms with E-state index in [0.717, 1.165) is 4.88 Å². The molecule has 0 radical (unpaired) electrons. The molecule has 0 spiro atoms. The van der Waals surface area contributed by atoms with Crippen LogP contribution in [0.15, 0.2) is 41.8 Å². The number of rotatable bonds is 4. The van der Waals surface area contributed by atoms with E-state index in [1.54, 1.807) is 23.5 Å². The number of thiophene rings is 1. The van der Waals surface area contributed by atoms with Gasteiger partial charge in [0.2, 0.25) is 11.8 Å². The maximum absolute atomic E-state index is 12.9. The van der Waals surface area contributed by atoms with Crippen LogP contribution >= 0.6 is 11.3 Å². The highest BCUT2D eigenvalue weighted by Crippen LogP contribution is 2.21. The minimum absolute atomic E-state index is 0.0630. The van der Waals surface area contributed by atoms with Crippen LogP contribution in [0.2, 0.25) is 0 Å². The van der Waals surface area contributed by atoms with Crippen molar-refractivity contribution in [1.29, 1.82) is 0 Å².